The molecule has 1 fully saturated rings. The van der Waals surface area contributed by atoms with Crippen molar-refractivity contribution < 1.29 is 19.4 Å². The largest absolute Gasteiger partial charge is 0.495 e. The van der Waals surface area contributed by atoms with Crippen LogP contribution in [0.15, 0.2) is 36.4 Å². The van der Waals surface area contributed by atoms with Crippen LogP contribution in [0.25, 0.3) is 0 Å². The molecule has 7 heteroatoms. The number of para-hydroxylation sites is 2. The van der Waals surface area contributed by atoms with Gasteiger partial charge in [0.15, 0.2) is 0 Å². The molecule has 2 amide bonds. The first-order valence-corrected chi connectivity index (χ1v) is 10.3. The van der Waals surface area contributed by atoms with E-state index in [4.69, 9.17) is 4.74 Å². The Morgan fingerprint density at radius 3 is 2.54 bits per heavy atom. The average Bonchev–Trinajstić information content (AvgIpc) is 3.37. The second kappa shape index (κ2) is 8.75. The molecule has 1 heterocycles. The number of amides is 2. The Morgan fingerprint density at radius 1 is 1.18 bits per heavy atom. The number of methoxy groups -OCH3 is 1. The molecule has 0 spiro atoms. The zero-order chi connectivity index (χ0) is 20.1. The number of thiophene rings is 1. The van der Waals surface area contributed by atoms with Crippen LogP contribution >= 0.6 is 11.3 Å². The third-order valence-corrected chi connectivity index (χ3v) is 6.77. The first kappa shape index (κ1) is 20.4. The van der Waals surface area contributed by atoms with Crippen LogP contribution in [-0.4, -0.2) is 30.6 Å². The molecular formula is C21H26N2O4S. The Balaban J connectivity index is 1.66. The predicted octanol–water partition coefficient (Wildman–Crippen LogP) is 3.38. The third kappa shape index (κ3) is 4.36. The highest BCUT2D eigenvalue weighted by Gasteiger charge is 2.38. The summed E-state index contributed by atoms with van der Waals surface area (Å²) in [5.74, 6) is -0.877. The molecule has 1 aromatic carbocycles. The minimum atomic E-state index is -0.714. The molecule has 1 saturated carbocycles. The minimum absolute atomic E-state index is 0.168. The summed E-state index contributed by atoms with van der Waals surface area (Å²) in [6, 6.07) is 10.9. The molecule has 3 rings (SSSR count). The Labute approximate surface area is 168 Å². The predicted molar refractivity (Wildman–Crippen MR) is 110 cm³/mol. The molecule has 0 saturated heterocycles. The van der Waals surface area contributed by atoms with Crippen LogP contribution < -0.4 is 15.4 Å². The summed E-state index contributed by atoms with van der Waals surface area (Å²) in [7, 11) is 1.51. The summed E-state index contributed by atoms with van der Waals surface area (Å²) in [6.07, 6.45) is 3.59. The zero-order valence-electron chi connectivity index (χ0n) is 16.2. The van der Waals surface area contributed by atoms with Gasteiger partial charge in [-0.25, -0.2) is 0 Å². The van der Waals surface area contributed by atoms with Crippen LogP contribution in [0.2, 0.25) is 0 Å². The van der Waals surface area contributed by atoms with Gasteiger partial charge in [-0.2, -0.15) is 0 Å². The molecular weight excluding hydrogens is 376 g/mol. The zero-order valence-corrected chi connectivity index (χ0v) is 17.0. The molecule has 1 atom stereocenters. The van der Waals surface area contributed by atoms with Gasteiger partial charge in [0, 0.05) is 21.7 Å². The Morgan fingerprint density at radius 2 is 1.89 bits per heavy atom. The van der Waals surface area contributed by atoms with E-state index < -0.39 is 17.9 Å². The highest BCUT2D eigenvalue weighted by molar-refractivity contribution is 7.12. The number of anilines is 1. The number of rotatable bonds is 6. The van der Waals surface area contributed by atoms with E-state index in [1.165, 1.54) is 7.11 Å². The van der Waals surface area contributed by atoms with E-state index in [0.717, 1.165) is 35.4 Å². The maximum atomic E-state index is 12.4. The molecule has 0 bridgehead atoms. The molecule has 28 heavy (non-hydrogen) atoms. The van der Waals surface area contributed by atoms with E-state index in [1.807, 2.05) is 12.1 Å². The SMILES string of the molecule is COc1ccccc1NC(=O)C(=O)NCC1(c2ccc(C(C)O)s2)CCCC1. The second-order valence-electron chi connectivity index (χ2n) is 7.20. The normalized spacial score (nSPS) is 16.4. The highest BCUT2D eigenvalue weighted by atomic mass is 32.1. The number of aliphatic hydroxyl groups is 1. The Bertz CT molecular complexity index is 840. The van der Waals surface area contributed by atoms with Gasteiger partial charge in [0.2, 0.25) is 0 Å². The van der Waals surface area contributed by atoms with Gasteiger partial charge in [-0.15, -0.1) is 11.3 Å². The number of carbonyl (C=O) groups is 2. The average molecular weight is 403 g/mol. The maximum absolute atomic E-state index is 12.4. The molecule has 150 valence electrons. The van der Waals surface area contributed by atoms with Crippen LogP contribution in [0.3, 0.4) is 0 Å². The number of ether oxygens (including phenoxy) is 1. The molecule has 6 nitrogen and oxygen atoms in total. The van der Waals surface area contributed by atoms with Crippen molar-refractivity contribution in [2.75, 3.05) is 19.0 Å². The van der Waals surface area contributed by atoms with Gasteiger partial charge in [-0.1, -0.05) is 25.0 Å². The van der Waals surface area contributed by atoms with Crippen molar-refractivity contribution in [3.8, 4) is 5.75 Å². The number of hydrogen-bond acceptors (Lipinski definition) is 5. The minimum Gasteiger partial charge on any atom is -0.495 e. The van der Waals surface area contributed by atoms with Crippen molar-refractivity contribution in [3.05, 3.63) is 46.2 Å². The summed E-state index contributed by atoms with van der Waals surface area (Å²) in [6.45, 7) is 2.16. The molecule has 3 N–H and O–H groups in total. The molecule has 0 radical (unpaired) electrons. The van der Waals surface area contributed by atoms with Gasteiger partial charge >= 0.3 is 11.8 Å². The first-order valence-electron chi connectivity index (χ1n) is 9.46. The number of nitrogens with one attached hydrogen (secondary N) is 2. The summed E-state index contributed by atoms with van der Waals surface area (Å²) in [5.41, 5.74) is 0.290. The van der Waals surface area contributed by atoms with Crippen molar-refractivity contribution in [2.24, 2.45) is 0 Å². The van der Waals surface area contributed by atoms with E-state index in [2.05, 4.69) is 10.6 Å². The van der Waals surface area contributed by atoms with Crippen LogP contribution in [0.5, 0.6) is 5.75 Å². The van der Waals surface area contributed by atoms with Gasteiger partial charge in [-0.3, -0.25) is 9.59 Å². The molecule has 1 unspecified atom stereocenters. The fourth-order valence-corrected chi connectivity index (χ4v) is 4.87. The highest BCUT2D eigenvalue weighted by Crippen LogP contribution is 2.44. The van der Waals surface area contributed by atoms with Gasteiger partial charge < -0.3 is 20.5 Å². The van der Waals surface area contributed by atoms with Gasteiger partial charge in [-0.05, 0) is 44.0 Å². The molecule has 0 aliphatic heterocycles. The van der Waals surface area contributed by atoms with Gasteiger partial charge in [0.25, 0.3) is 0 Å². The van der Waals surface area contributed by atoms with Crippen molar-refractivity contribution in [1.82, 2.24) is 5.32 Å². The van der Waals surface area contributed by atoms with Gasteiger partial charge in [0.1, 0.15) is 5.75 Å². The van der Waals surface area contributed by atoms with Crippen LogP contribution in [-0.2, 0) is 15.0 Å². The summed E-state index contributed by atoms with van der Waals surface area (Å²) in [5, 5.41) is 15.2. The summed E-state index contributed by atoms with van der Waals surface area (Å²) >= 11 is 1.59. The summed E-state index contributed by atoms with van der Waals surface area (Å²) in [4.78, 5) is 26.8. The van der Waals surface area contributed by atoms with Crippen LogP contribution in [0.4, 0.5) is 5.69 Å². The van der Waals surface area contributed by atoms with Crippen molar-refractivity contribution in [2.45, 2.75) is 44.1 Å². The molecule has 1 aliphatic carbocycles. The quantitative estimate of drug-likeness (QED) is 0.647. The number of carbonyl (C=O) groups excluding carboxylic acids is 2. The van der Waals surface area contributed by atoms with Crippen molar-refractivity contribution >= 4 is 28.8 Å². The lowest BCUT2D eigenvalue weighted by atomic mass is 9.84. The monoisotopic (exact) mass is 402 g/mol. The van der Waals surface area contributed by atoms with E-state index in [0.29, 0.717) is 18.0 Å². The smallest absolute Gasteiger partial charge is 0.313 e. The van der Waals surface area contributed by atoms with Crippen LogP contribution in [0.1, 0.15) is 48.5 Å². The lowest BCUT2D eigenvalue weighted by molar-refractivity contribution is -0.136. The lowest BCUT2D eigenvalue weighted by Gasteiger charge is -2.28. The van der Waals surface area contributed by atoms with E-state index >= 15 is 0 Å². The van der Waals surface area contributed by atoms with Crippen molar-refractivity contribution in [3.63, 3.8) is 0 Å². The molecule has 1 aliphatic rings. The maximum Gasteiger partial charge on any atom is 0.313 e. The van der Waals surface area contributed by atoms with Crippen LogP contribution in [0, 0.1) is 0 Å². The number of benzene rings is 1. The number of aliphatic hydroxyl groups excluding tert-OH is 1. The molecule has 1 aromatic heterocycles. The first-order chi connectivity index (χ1) is 13.4. The van der Waals surface area contributed by atoms with E-state index in [-0.39, 0.29) is 5.41 Å². The lowest BCUT2D eigenvalue weighted by Crippen LogP contribution is -2.43. The summed E-state index contributed by atoms with van der Waals surface area (Å²) < 4.78 is 5.20. The Kier molecular flexibility index (Phi) is 6.36. The van der Waals surface area contributed by atoms with E-state index in [1.54, 1.807) is 42.5 Å². The second-order valence-corrected chi connectivity index (χ2v) is 8.32. The number of hydrogen-bond donors (Lipinski definition) is 3. The standard InChI is InChI=1S/C21H26N2O4S/c1-14(24)17-9-10-18(28-17)21(11-5-6-12-21)13-22-19(25)20(26)23-15-7-3-4-8-16(15)27-2/h3-4,7-10,14,24H,5-6,11-13H2,1-2H3,(H,22,25)(H,23,26). The molecule has 2 aromatic rings. The Hall–Kier alpha value is -2.38. The van der Waals surface area contributed by atoms with E-state index in [9.17, 15) is 14.7 Å². The van der Waals surface area contributed by atoms with Crippen molar-refractivity contribution in [1.29, 1.82) is 0 Å². The topological polar surface area (TPSA) is 87.7 Å². The fraction of sp³-hybridized carbons (Fsp3) is 0.429. The third-order valence-electron chi connectivity index (χ3n) is 5.27. The fourth-order valence-electron chi connectivity index (χ4n) is 3.68. The van der Waals surface area contributed by atoms with Gasteiger partial charge in [0.05, 0.1) is 18.9 Å².